The number of urea groups is 1. The second-order valence-corrected chi connectivity index (χ2v) is 15.2. The Morgan fingerprint density at radius 3 is 2.39 bits per heavy atom. The molecule has 2 saturated heterocycles. The molecule has 2 fully saturated rings. The van der Waals surface area contributed by atoms with E-state index in [9.17, 15) is 19.7 Å². The first kappa shape index (κ1) is 41.0. The van der Waals surface area contributed by atoms with Crippen molar-refractivity contribution >= 4 is 47.0 Å². The number of carbonyl (C=O) groups excluding carboxylic acids is 2. The number of ether oxygens (including phenoxy) is 3. The van der Waals surface area contributed by atoms with E-state index in [1.165, 1.54) is 37.6 Å². The van der Waals surface area contributed by atoms with Crippen LogP contribution in [0.1, 0.15) is 24.8 Å². The number of nitrogens with zero attached hydrogens (tertiary/aromatic N) is 9. The van der Waals surface area contributed by atoms with Gasteiger partial charge in [0, 0.05) is 73.9 Å². The maximum Gasteiger partial charge on any atom is 0.368 e. The molecule has 0 spiro atoms. The molecule has 0 bridgehead atoms. The maximum absolute atomic E-state index is 15.9. The number of fused-ring (bicyclic) bond motifs is 1. The molecule has 312 valence electrons. The lowest BCUT2D eigenvalue weighted by atomic mass is 10.0. The third kappa shape index (κ3) is 8.80. The number of halogens is 2. The number of quaternary nitrogens is 1. The van der Waals surface area contributed by atoms with Gasteiger partial charge in [-0.25, -0.2) is 18.6 Å². The van der Waals surface area contributed by atoms with Gasteiger partial charge in [-0.3, -0.25) is 14.6 Å². The number of nitro groups is 1. The minimum Gasteiger partial charge on any atom is -0.493 e. The molecule has 19 heteroatoms. The number of piperidine rings is 1. The third-order valence-corrected chi connectivity index (χ3v) is 10.8. The second-order valence-electron chi connectivity index (χ2n) is 15.2. The lowest BCUT2D eigenvalue weighted by molar-refractivity contribution is -0.880. The van der Waals surface area contributed by atoms with Crippen LogP contribution in [0.15, 0.2) is 65.1 Å². The van der Waals surface area contributed by atoms with Crippen LogP contribution in [0.4, 0.5) is 42.4 Å². The van der Waals surface area contributed by atoms with E-state index < -0.39 is 34.3 Å². The Morgan fingerprint density at radius 2 is 1.75 bits per heavy atom. The molecular weight excluding hydrogens is 770 g/mol. The number of morpholine rings is 1. The second kappa shape index (κ2) is 17.3. The average Bonchev–Trinajstić information content (AvgIpc) is 3.69. The van der Waals surface area contributed by atoms with Gasteiger partial charge in [0.15, 0.2) is 23.1 Å². The molecule has 5 heterocycles. The smallest absolute Gasteiger partial charge is 0.368 e. The normalized spacial score (nSPS) is 17.6. The standard InChI is InChI=1S/C40H47F2N10O7/c1-52(2,25-26-11-14-43-37(26)51(55)56)19-5-6-33(53)48-15-12-30(13-16-48)50-38-27(24-49(40(50)54)36-34(41)31(57-3)22-32(58-4)35(36)42)23-44-39(46-38)45-28-7-9-29(10-8-28)47-17-20-59-21-18-47/h5-10,14,22-23,30H,11-13,15-21,24-25H2,1-4H3,(H,44,45,46)/q+1/b6-5+. The van der Waals surface area contributed by atoms with Crippen molar-refractivity contribution in [3.05, 3.63) is 87.4 Å². The molecule has 1 N–H and O–H groups in total. The van der Waals surface area contributed by atoms with E-state index in [1.54, 1.807) is 11.0 Å². The number of hydrogen-bond acceptors (Lipinski definition) is 12. The fourth-order valence-electron chi connectivity index (χ4n) is 7.76. The molecule has 7 rings (SSSR count). The number of benzene rings is 2. The number of hydrogen-bond donors (Lipinski definition) is 1. The minimum atomic E-state index is -1.07. The van der Waals surface area contributed by atoms with Gasteiger partial charge in [-0.1, -0.05) is 4.99 Å². The minimum absolute atomic E-state index is 0.121. The van der Waals surface area contributed by atoms with Gasteiger partial charge in [-0.05, 0) is 48.1 Å². The van der Waals surface area contributed by atoms with E-state index in [-0.39, 0.29) is 41.5 Å². The van der Waals surface area contributed by atoms with E-state index in [0.717, 1.165) is 35.4 Å². The number of nitrogens with one attached hydrogen (secondary N) is 1. The molecule has 3 aromatic rings. The quantitative estimate of drug-likeness (QED) is 0.108. The number of amides is 3. The first-order chi connectivity index (χ1) is 28.4. The van der Waals surface area contributed by atoms with Gasteiger partial charge in [0.05, 0.1) is 60.2 Å². The number of aromatic nitrogens is 2. The van der Waals surface area contributed by atoms with E-state index in [4.69, 9.17) is 19.2 Å². The maximum atomic E-state index is 15.9. The van der Waals surface area contributed by atoms with Crippen LogP contribution in [0.3, 0.4) is 0 Å². The molecule has 0 aliphatic carbocycles. The number of likely N-dealkylation sites (tertiary alicyclic amines) is 1. The molecule has 0 radical (unpaired) electrons. The van der Waals surface area contributed by atoms with Gasteiger partial charge in [-0.2, -0.15) is 4.98 Å². The Balaban J connectivity index is 1.10. The zero-order valence-corrected chi connectivity index (χ0v) is 33.4. The lowest BCUT2D eigenvalue weighted by Crippen LogP contribution is -2.56. The number of methoxy groups -OCH3 is 2. The van der Waals surface area contributed by atoms with Crippen molar-refractivity contribution in [3.8, 4) is 11.5 Å². The summed E-state index contributed by atoms with van der Waals surface area (Å²) >= 11 is 0. The molecule has 59 heavy (non-hydrogen) atoms. The summed E-state index contributed by atoms with van der Waals surface area (Å²) < 4.78 is 48.0. The van der Waals surface area contributed by atoms with Crippen molar-refractivity contribution < 1.29 is 42.0 Å². The van der Waals surface area contributed by atoms with Gasteiger partial charge in [-0.15, -0.1) is 0 Å². The van der Waals surface area contributed by atoms with Crippen molar-refractivity contribution in [2.75, 3.05) is 101 Å². The molecule has 2 aromatic carbocycles. The fraction of sp³-hybridized carbons (Fsp3) is 0.425. The number of carbonyl (C=O) groups is 2. The summed E-state index contributed by atoms with van der Waals surface area (Å²) in [5.74, 6) is -2.56. The first-order valence-electron chi connectivity index (χ1n) is 19.3. The molecule has 1 aromatic heterocycles. The van der Waals surface area contributed by atoms with Crippen LogP contribution in [0.5, 0.6) is 11.5 Å². The summed E-state index contributed by atoms with van der Waals surface area (Å²) in [5.41, 5.74) is 2.23. The van der Waals surface area contributed by atoms with Crippen molar-refractivity contribution in [2.45, 2.75) is 31.8 Å². The third-order valence-electron chi connectivity index (χ3n) is 10.8. The number of likely N-dealkylation sites (N-methyl/N-ethyl adjacent to an activating group) is 1. The molecule has 17 nitrogen and oxygen atoms in total. The topological polar surface area (TPSA) is 168 Å². The van der Waals surface area contributed by atoms with Crippen LogP contribution in [-0.4, -0.2) is 129 Å². The summed E-state index contributed by atoms with van der Waals surface area (Å²) in [6.07, 6.45) is 7.43. The molecular formula is C40H47F2N10O7+. The highest BCUT2D eigenvalue weighted by Gasteiger charge is 2.42. The van der Waals surface area contributed by atoms with Crippen LogP contribution in [0.2, 0.25) is 0 Å². The molecule has 4 aliphatic rings. The Bertz CT molecular complexity index is 2160. The van der Waals surface area contributed by atoms with Gasteiger partial charge in [0.1, 0.15) is 24.3 Å². The summed E-state index contributed by atoms with van der Waals surface area (Å²) in [7, 11) is 6.32. The van der Waals surface area contributed by atoms with Crippen LogP contribution in [-0.2, 0) is 16.1 Å². The molecule has 3 amide bonds. The van der Waals surface area contributed by atoms with E-state index in [1.807, 2.05) is 38.4 Å². The predicted molar refractivity (Wildman–Crippen MR) is 216 cm³/mol. The highest BCUT2D eigenvalue weighted by atomic mass is 19.1. The van der Waals surface area contributed by atoms with Gasteiger partial charge in [0.25, 0.3) is 0 Å². The first-order valence-corrected chi connectivity index (χ1v) is 19.3. The van der Waals surface area contributed by atoms with Crippen LogP contribution >= 0.6 is 0 Å². The van der Waals surface area contributed by atoms with E-state index >= 15 is 8.78 Å². The zero-order chi connectivity index (χ0) is 41.8. The lowest BCUT2D eigenvalue weighted by Gasteiger charge is -2.43. The van der Waals surface area contributed by atoms with E-state index in [2.05, 4.69) is 20.2 Å². The molecule has 0 atom stereocenters. The fourth-order valence-corrected chi connectivity index (χ4v) is 7.76. The van der Waals surface area contributed by atoms with Crippen LogP contribution < -0.4 is 29.5 Å². The number of aliphatic imine (C=N–C) groups is 1. The monoisotopic (exact) mass is 817 g/mol. The summed E-state index contributed by atoms with van der Waals surface area (Å²) in [6, 6.07) is 7.68. The van der Waals surface area contributed by atoms with Crippen molar-refractivity contribution in [3.63, 3.8) is 0 Å². The Labute approximate surface area is 339 Å². The van der Waals surface area contributed by atoms with Gasteiger partial charge >= 0.3 is 11.9 Å². The van der Waals surface area contributed by atoms with Crippen molar-refractivity contribution in [2.24, 2.45) is 4.99 Å². The number of anilines is 5. The van der Waals surface area contributed by atoms with Crippen molar-refractivity contribution in [1.29, 1.82) is 0 Å². The van der Waals surface area contributed by atoms with Gasteiger partial charge < -0.3 is 43.9 Å². The van der Waals surface area contributed by atoms with Crippen LogP contribution in [0, 0.1) is 21.7 Å². The molecule has 0 saturated carbocycles. The van der Waals surface area contributed by atoms with Gasteiger partial charge in [0.2, 0.25) is 11.9 Å². The molecule has 0 unspecified atom stereocenters. The Morgan fingerprint density at radius 1 is 1.07 bits per heavy atom. The van der Waals surface area contributed by atoms with Crippen molar-refractivity contribution in [1.82, 2.24) is 14.9 Å². The summed E-state index contributed by atoms with van der Waals surface area (Å²) in [5, 5.41) is 14.6. The Hall–Kier alpha value is -6.21. The number of rotatable bonds is 13. The summed E-state index contributed by atoms with van der Waals surface area (Å²) in [4.78, 5) is 58.4. The van der Waals surface area contributed by atoms with Crippen LogP contribution in [0.25, 0.3) is 0 Å². The highest BCUT2D eigenvalue weighted by molar-refractivity contribution is 6.06. The van der Waals surface area contributed by atoms with E-state index in [0.29, 0.717) is 74.3 Å². The highest BCUT2D eigenvalue weighted by Crippen LogP contribution is 2.42. The average molecular weight is 818 g/mol. The zero-order valence-electron chi connectivity index (χ0n) is 33.4. The Kier molecular flexibility index (Phi) is 12.0. The SMILES string of the molecule is COc1cc(OC)c(F)c(N2Cc3cnc(Nc4ccc(N5CCOCC5)cc4)nc3N(C3CCN(C(=O)/C=C/C[N+](C)(C)CC4=C([N+](=O)[O-])N=CC4)CC3)C2=O)c1F. The molecule has 4 aliphatic heterocycles. The summed E-state index contributed by atoms with van der Waals surface area (Å²) in [6.45, 7) is 4.12. The largest absolute Gasteiger partial charge is 0.493 e. The predicted octanol–water partition coefficient (Wildman–Crippen LogP) is 4.89.